The van der Waals surface area contributed by atoms with Crippen molar-refractivity contribution in [2.75, 3.05) is 0 Å². The van der Waals surface area contributed by atoms with Crippen molar-refractivity contribution in [1.82, 2.24) is 5.48 Å². The second-order valence-corrected chi connectivity index (χ2v) is 3.11. The molecule has 2 aromatic rings. The first kappa shape index (κ1) is 10.7. The van der Waals surface area contributed by atoms with E-state index in [0.717, 1.165) is 0 Å². The summed E-state index contributed by atoms with van der Waals surface area (Å²) in [5.41, 5.74) is 1.97. The Morgan fingerprint density at radius 1 is 1.19 bits per heavy atom. The molecule has 0 saturated heterocycles. The molecule has 84 valence electrons. The van der Waals surface area contributed by atoms with Gasteiger partial charge in [-0.1, -0.05) is 0 Å². The minimum Gasteiger partial charge on any atom is -0.429 e. The van der Waals surface area contributed by atoms with Crippen LogP contribution in [0.3, 0.4) is 0 Å². The van der Waals surface area contributed by atoms with Crippen LogP contribution in [0.5, 0.6) is 11.7 Å². The standard InChI is InChI=1S/C11H10FNO3/c12-8-1-3-9(4-2-8)15-11-6-5-10(16-11)7-13-14/h1-6,13-14H,7H2. The Hall–Kier alpha value is -1.85. The molecule has 16 heavy (non-hydrogen) atoms. The smallest absolute Gasteiger partial charge is 0.290 e. The van der Waals surface area contributed by atoms with Gasteiger partial charge in [0.1, 0.15) is 17.3 Å². The molecule has 5 heteroatoms. The molecule has 2 N–H and O–H groups in total. The molecule has 0 amide bonds. The summed E-state index contributed by atoms with van der Waals surface area (Å²) in [6.07, 6.45) is 0. The fourth-order valence-corrected chi connectivity index (χ4v) is 1.20. The van der Waals surface area contributed by atoms with Crippen LogP contribution in [0.1, 0.15) is 5.76 Å². The van der Waals surface area contributed by atoms with Crippen LogP contribution in [0.15, 0.2) is 40.8 Å². The topological polar surface area (TPSA) is 54.6 Å². The van der Waals surface area contributed by atoms with Gasteiger partial charge in [-0.05, 0) is 30.3 Å². The molecule has 0 aliphatic heterocycles. The Labute approximate surface area is 91.2 Å². The van der Waals surface area contributed by atoms with Crippen molar-refractivity contribution in [3.8, 4) is 11.7 Å². The molecule has 1 aromatic heterocycles. The number of nitrogens with one attached hydrogen (secondary N) is 1. The molecule has 0 saturated carbocycles. The van der Waals surface area contributed by atoms with E-state index in [4.69, 9.17) is 14.4 Å². The van der Waals surface area contributed by atoms with Gasteiger partial charge in [-0.15, -0.1) is 0 Å². The molecule has 0 radical (unpaired) electrons. The predicted octanol–water partition coefficient (Wildman–Crippen LogP) is 2.69. The van der Waals surface area contributed by atoms with Crippen LogP contribution in [0.2, 0.25) is 0 Å². The van der Waals surface area contributed by atoms with Crippen molar-refractivity contribution in [3.63, 3.8) is 0 Å². The highest BCUT2D eigenvalue weighted by Crippen LogP contribution is 2.23. The summed E-state index contributed by atoms with van der Waals surface area (Å²) in [5.74, 6) is 0.993. The second kappa shape index (κ2) is 4.78. The zero-order valence-corrected chi connectivity index (χ0v) is 8.31. The summed E-state index contributed by atoms with van der Waals surface area (Å²) in [7, 11) is 0. The van der Waals surface area contributed by atoms with Gasteiger partial charge in [0.15, 0.2) is 0 Å². The first-order valence-corrected chi connectivity index (χ1v) is 4.67. The molecule has 0 unspecified atom stereocenters. The van der Waals surface area contributed by atoms with Crippen LogP contribution in [0.25, 0.3) is 0 Å². The molecule has 0 aliphatic rings. The highest BCUT2D eigenvalue weighted by atomic mass is 19.1. The number of ether oxygens (including phenoxy) is 1. The average Bonchev–Trinajstić information content (AvgIpc) is 2.70. The molecule has 4 nitrogen and oxygen atoms in total. The molecule has 0 aliphatic carbocycles. The van der Waals surface area contributed by atoms with Gasteiger partial charge in [-0.2, -0.15) is 5.48 Å². The lowest BCUT2D eigenvalue weighted by molar-refractivity contribution is 0.151. The van der Waals surface area contributed by atoms with E-state index in [1.54, 1.807) is 12.1 Å². The number of hydrogen-bond donors (Lipinski definition) is 2. The predicted molar refractivity (Wildman–Crippen MR) is 53.8 cm³/mol. The minimum atomic E-state index is -0.322. The van der Waals surface area contributed by atoms with Gasteiger partial charge in [0, 0.05) is 6.07 Å². The summed E-state index contributed by atoms with van der Waals surface area (Å²) in [6.45, 7) is 0.201. The number of hydroxylamine groups is 1. The van der Waals surface area contributed by atoms with Gasteiger partial charge in [0.05, 0.1) is 6.54 Å². The van der Waals surface area contributed by atoms with Crippen molar-refractivity contribution in [2.24, 2.45) is 0 Å². The molecule has 0 bridgehead atoms. The number of hydrogen-bond acceptors (Lipinski definition) is 4. The van der Waals surface area contributed by atoms with E-state index in [-0.39, 0.29) is 18.3 Å². The summed E-state index contributed by atoms with van der Waals surface area (Å²) < 4.78 is 23.2. The van der Waals surface area contributed by atoms with Gasteiger partial charge in [0.2, 0.25) is 0 Å². The van der Waals surface area contributed by atoms with Crippen molar-refractivity contribution in [1.29, 1.82) is 0 Å². The lowest BCUT2D eigenvalue weighted by atomic mass is 10.3. The Kier molecular flexibility index (Phi) is 3.19. The third kappa shape index (κ3) is 2.59. The Bertz CT molecular complexity index is 453. The highest BCUT2D eigenvalue weighted by Gasteiger charge is 2.03. The monoisotopic (exact) mass is 223 g/mol. The Balaban J connectivity index is 2.05. The van der Waals surface area contributed by atoms with E-state index in [9.17, 15) is 4.39 Å². The zero-order chi connectivity index (χ0) is 11.4. The molecular formula is C11H10FNO3. The minimum absolute atomic E-state index is 0.201. The number of furan rings is 1. The van der Waals surface area contributed by atoms with Crippen LogP contribution in [0.4, 0.5) is 4.39 Å². The normalized spacial score (nSPS) is 10.4. The van der Waals surface area contributed by atoms with Gasteiger partial charge < -0.3 is 14.4 Å². The number of rotatable bonds is 4. The van der Waals surface area contributed by atoms with Gasteiger partial charge in [-0.25, -0.2) is 4.39 Å². The Morgan fingerprint density at radius 3 is 2.62 bits per heavy atom. The van der Waals surface area contributed by atoms with Gasteiger partial charge in [0.25, 0.3) is 5.95 Å². The first-order valence-electron chi connectivity index (χ1n) is 4.67. The first-order chi connectivity index (χ1) is 7.78. The average molecular weight is 223 g/mol. The Morgan fingerprint density at radius 2 is 1.94 bits per heavy atom. The molecule has 0 atom stereocenters. The van der Waals surface area contributed by atoms with Gasteiger partial charge >= 0.3 is 0 Å². The quantitative estimate of drug-likeness (QED) is 0.782. The van der Waals surface area contributed by atoms with E-state index >= 15 is 0 Å². The lowest BCUT2D eigenvalue weighted by Gasteiger charge is -2.01. The van der Waals surface area contributed by atoms with E-state index in [1.165, 1.54) is 24.3 Å². The maximum absolute atomic E-state index is 12.6. The fraction of sp³-hybridized carbons (Fsp3) is 0.0909. The van der Waals surface area contributed by atoms with Crippen LogP contribution in [0, 0.1) is 5.82 Å². The summed E-state index contributed by atoms with van der Waals surface area (Å²) in [5, 5.41) is 8.46. The SMILES string of the molecule is ONCc1ccc(Oc2ccc(F)cc2)o1. The summed E-state index contributed by atoms with van der Waals surface area (Å²) >= 11 is 0. The molecule has 0 spiro atoms. The molecular weight excluding hydrogens is 213 g/mol. The van der Waals surface area contributed by atoms with Crippen molar-refractivity contribution < 1.29 is 18.8 Å². The highest BCUT2D eigenvalue weighted by molar-refractivity contribution is 5.26. The van der Waals surface area contributed by atoms with Crippen LogP contribution in [-0.4, -0.2) is 5.21 Å². The third-order valence-electron chi connectivity index (χ3n) is 1.92. The summed E-state index contributed by atoms with van der Waals surface area (Å²) in [4.78, 5) is 0. The third-order valence-corrected chi connectivity index (χ3v) is 1.92. The van der Waals surface area contributed by atoms with Crippen molar-refractivity contribution in [3.05, 3.63) is 48.0 Å². The fourth-order valence-electron chi connectivity index (χ4n) is 1.20. The largest absolute Gasteiger partial charge is 0.429 e. The maximum Gasteiger partial charge on any atom is 0.290 e. The van der Waals surface area contributed by atoms with Crippen LogP contribution < -0.4 is 10.2 Å². The van der Waals surface area contributed by atoms with Gasteiger partial charge in [-0.3, -0.25) is 0 Å². The van der Waals surface area contributed by atoms with Crippen LogP contribution in [-0.2, 0) is 6.54 Å². The number of halogens is 1. The molecule has 2 rings (SSSR count). The molecule has 1 heterocycles. The van der Waals surface area contributed by atoms with E-state index in [0.29, 0.717) is 11.5 Å². The van der Waals surface area contributed by atoms with Crippen molar-refractivity contribution >= 4 is 0 Å². The second-order valence-electron chi connectivity index (χ2n) is 3.11. The van der Waals surface area contributed by atoms with Crippen molar-refractivity contribution in [2.45, 2.75) is 6.54 Å². The zero-order valence-electron chi connectivity index (χ0n) is 8.31. The van der Waals surface area contributed by atoms with E-state index < -0.39 is 0 Å². The van der Waals surface area contributed by atoms with E-state index in [1.807, 2.05) is 5.48 Å². The molecule has 1 aromatic carbocycles. The summed E-state index contributed by atoms with van der Waals surface area (Å²) in [6, 6.07) is 8.89. The van der Waals surface area contributed by atoms with Crippen LogP contribution >= 0.6 is 0 Å². The maximum atomic E-state index is 12.6. The van der Waals surface area contributed by atoms with E-state index in [2.05, 4.69) is 0 Å². The lowest BCUT2D eigenvalue weighted by Crippen LogP contribution is -2.04. The molecule has 0 fully saturated rings. The number of benzene rings is 1.